The third kappa shape index (κ3) is 5.18. The van der Waals surface area contributed by atoms with Crippen LogP contribution in [0.3, 0.4) is 0 Å². The second kappa shape index (κ2) is 12.1. The van der Waals surface area contributed by atoms with Gasteiger partial charge in [-0.25, -0.2) is 0 Å². The number of rotatable bonds is 5. The van der Waals surface area contributed by atoms with E-state index in [0.29, 0.717) is 17.8 Å². The summed E-state index contributed by atoms with van der Waals surface area (Å²) in [5.41, 5.74) is 10.1. The lowest BCUT2D eigenvalue weighted by atomic mass is 9.73. The van der Waals surface area contributed by atoms with Gasteiger partial charge in [-0.1, -0.05) is 147 Å². The molecule has 0 saturated heterocycles. The third-order valence-electron chi connectivity index (χ3n) is 10.8. The van der Waals surface area contributed by atoms with Crippen LogP contribution in [0.4, 0.5) is 17.1 Å². The van der Waals surface area contributed by atoms with E-state index in [1.807, 2.05) is 0 Å². The predicted molar refractivity (Wildman–Crippen MR) is 210 cm³/mol. The Kier molecular flexibility index (Phi) is 7.28. The zero-order valence-corrected chi connectivity index (χ0v) is 28.1. The van der Waals surface area contributed by atoms with Crippen molar-refractivity contribution in [2.24, 2.45) is 17.8 Å². The summed E-state index contributed by atoms with van der Waals surface area (Å²) in [5, 5.41) is 7.77. The summed E-state index contributed by atoms with van der Waals surface area (Å²) in [6.45, 7) is 4.67. The molecule has 1 heteroatoms. The largest absolute Gasteiger partial charge is 0.310 e. The molecule has 0 amide bonds. The maximum Gasteiger partial charge on any atom is 0.0468 e. The van der Waals surface area contributed by atoms with Crippen LogP contribution in [-0.4, -0.2) is 0 Å². The van der Waals surface area contributed by atoms with Crippen molar-refractivity contribution in [2.45, 2.75) is 20.3 Å². The Morgan fingerprint density at radius 3 is 2.12 bits per heavy atom. The van der Waals surface area contributed by atoms with Gasteiger partial charge in [0.05, 0.1) is 0 Å². The van der Waals surface area contributed by atoms with Crippen molar-refractivity contribution in [2.75, 3.05) is 4.90 Å². The highest BCUT2D eigenvalue weighted by molar-refractivity contribution is 6.09. The average Bonchev–Trinajstić information content (AvgIpc) is 3.16. The van der Waals surface area contributed by atoms with Crippen LogP contribution in [-0.2, 0) is 0 Å². The molecular weight excluding hydrogens is 591 g/mol. The van der Waals surface area contributed by atoms with Gasteiger partial charge >= 0.3 is 0 Å². The van der Waals surface area contributed by atoms with Gasteiger partial charge in [0.2, 0.25) is 0 Å². The van der Waals surface area contributed by atoms with Crippen LogP contribution in [0.2, 0.25) is 0 Å². The minimum atomic E-state index is 0.373. The highest BCUT2D eigenvalue weighted by Gasteiger charge is 2.28. The number of benzene rings is 6. The zero-order chi connectivity index (χ0) is 32.9. The molecule has 9 rings (SSSR count). The van der Waals surface area contributed by atoms with Gasteiger partial charge in [0.1, 0.15) is 0 Å². The lowest BCUT2D eigenvalue weighted by Gasteiger charge is -2.31. The van der Waals surface area contributed by atoms with E-state index >= 15 is 0 Å². The van der Waals surface area contributed by atoms with E-state index in [1.54, 1.807) is 0 Å². The van der Waals surface area contributed by atoms with E-state index in [-0.39, 0.29) is 0 Å². The molecule has 1 nitrogen and oxygen atoms in total. The maximum atomic E-state index is 2.42. The Hall–Kier alpha value is -5.66. The second-order valence-corrected chi connectivity index (χ2v) is 13.8. The molecule has 0 spiro atoms. The molecule has 6 aromatic carbocycles. The number of allylic oxidation sites excluding steroid dienone is 8. The Morgan fingerprint density at radius 2 is 1.29 bits per heavy atom. The SMILES string of the molecule is CC1C=CC(c2cccc(N(c3ccc(C4=c5ccccc5=C5C=CC=CC5C4C)cc3)c3ccc4ccc5ccccc5c4c3)c2)=CC1. The van der Waals surface area contributed by atoms with Crippen molar-refractivity contribution >= 4 is 55.3 Å². The average molecular weight is 630 g/mol. The van der Waals surface area contributed by atoms with Crippen molar-refractivity contribution in [1.29, 1.82) is 0 Å². The number of hydrogen-bond acceptors (Lipinski definition) is 1. The number of nitrogens with zero attached hydrogens (tertiary/aromatic N) is 1. The second-order valence-electron chi connectivity index (χ2n) is 13.8. The molecule has 0 bridgehead atoms. The Labute approximate surface area is 288 Å². The normalized spacial score (nSPS) is 19.6. The van der Waals surface area contributed by atoms with Gasteiger partial charge in [-0.2, -0.15) is 0 Å². The maximum absolute atomic E-state index is 2.42. The molecule has 3 aliphatic carbocycles. The molecule has 6 aromatic rings. The van der Waals surface area contributed by atoms with E-state index in [2.05, 4.69) is 189 Å². The van der Waals surface area contributed by atoms with Crippen molar-refractivity contribution in [3.63, 3.8) is 0 Å². The van der Waals surface area contributed by atoms with Gasteiger partial charge in [-0.05, 0) is 114 Å². The molecule has 0 aliphatic heterocycles. The van der Waals surface area contributed by atoms with Crippen molar-refractivity contribution in [3.8, 4) is 0 Å². The first kappa shape index (κ1) is 29.5. The summed E-state index contributed by atoms with van der Waals surface area (Å²) in [7, 11) is 0. The Balaban J connectivity index is 1.21. The minimum Gasteiger partial charge on any atom is -0.310 e. The van der Waals surface area contributed by atoms with E-state index in [1.165, 1.54) is 59.8 Å². The van der Waals surface area contributed by atoms with Crippen molar-refractivity contribution in [1.82, 2.24) is 0 Å². The number of fused-ring (bicyclic) bond motifs is 5. The van der Waals surface area contributed by atoms with Crippen LogP contribution < -0.4 is 15.3 Å². The standard InChI is InChI=1S/C48H39N/c1-32-18-20-34(21-19-32)38-11-9-12-40(30-38)49(41-29-24-36-23-22-35-10-3-4-14-43(35)47(36)31-41)39-27-25-37(26-28-39)48-33(2)42-13-5-6-15-44(42)45-16-7-8-17-46(45)48/h3-18,20-33,42H,19H2,1-2H3. The van der Waals surface area contributed by atoms with Gasteiger partial charge in [0.15, 0.2) is 0 Å². The first-order chi connectivity index (χ1) is 24.1. The molecule has 0 aromatic heterocycles. The zero-order valence-electron chi connectivity index (χ0n) is 28.1. The van der Waals surface area contributed by atoms with Gasteiger partial charge in [-0.3, -0.25) is 0 Å². The van der Waals surface area contributed by atoms with Crippen LogP contribution in [0.15, 0.2) is 170 Å². The van der Waals surface area contributed by atoms with Crippen LogP contribution in [0, 0.1) is 17.8 Å². The van der Waals surface area contributed by atoms with Gasteiger partial charge < -0.3 is 4.90 Å². The first-order valence-corrected chi connectivity index (χ1v) is 17.6. The molecular formula is C48H39N. The molecule has 236 valence electrons. The molecule has 0 radical (unpaired) electrons. The minimum absolute atomic E-state index is 0.373. The lowest BCUT2D eigenvalue weighted by molar-refractivity contribution is 0.632. The van der Waals surface area contributed by atoms with Crippen LogP contribution >= 0.6 is 0 Å². The summed E-state index contributed by atoms with van der Waals surface area (Å²) in [4.78, 5) is 2.42. The molecule has 0 saturated carbocycles. The van der Waals surface area contributed by atoms with Crippen LogP contribution in [0.1, 0.15) is 31.4 Å². The number of hydrogen-bond donors (Lipinski definition) is 0. The topological polar surface area (TPSA) is 3.24 Å². The first-order valence-electron chi connectivity index (χ1n) is 17.6. The van der Waals surface area contributed by atoms with Gasteiger partial charge in [0, 0.05) is 23.0 Å². The molecule has 0 N–H and O–H groups in total. The smallest absolute Gasteiger partial charge is 0.0468 e. The fourth-order valence-corrected chi connectivity index (χ4v) is 8.21. The Bertz CT molecular complexity index is 2510. The highest BCUT2D eigenvalue weighted by atomic mass is 15.1. The quantitative estimate of drug-likeness (QED) is 0.172. The van der Waals surface area contributed by atoms with Crippen molar-refractivity contribution in [3.05, 3.63) is 191 Å². The summed E-state index contributed by atoms with van der Waals surface area (Å²) < 4.78 is 0. The number of anilines is 3. The summed E-state index contributed by atoms with van der Waals surface area (Å²) in [6.07, 6.45) is 17.1. The lowest BCUT2D eigenvalue weighted by Crippen LogP contribution is -2.39. The molecule has 49 heavy (non-hydrogen) atoms. The van der Waals surface area contributed by atoms with Gasteiger partial charge in [0.25, 0.3) is 0 Å². The fourth-order valence-electron chi connectivity index (χ4n) is 8.21. The molecule has 0 fully saturated rings. The van der Waals surface area contributed by atoms with Crippen LogP contribution in [0.5, 0.6) is 0 Å². The Morgan fingerprint density at radius 1 is 0.551 bits per heavy atom. The highest BCUT2D eigenvalue weighted by Crippen LogP contribution is 2.41. The summed E-state index contributed by atoms with van der Waals surface area (Å²) in [6, 6.07) is 47.4. The fraction of sp³-hybridized carbons (Fsp3) is 0.125. The molecule has 0 heterocycles. The van der Waals surface area contributed by atoms with E-state index in [0.717, 1.165) is 23.5 Å². The summed E-state index contributed by atoms with van der Waals surface area (Å²) >= 11 is 0. The van der Waals surface area contributed by atoms with Crippen molar-refractivity contribution < 1.29 is 0 Å². The molecule has 3 aliphatic rings. The third-order valence-corrected chi connectivity index (χ3v) is 10.8. The summed E-state index contributed by atoms with van der Waals surface area (Å²) in [5.74, 6) is 1.34. The van der Waals surface area contributed by atoms with Crippen LogP contribution in [0.25, 0.3) is 38.3 Å². The molecule has 3 atom stereocenters. The monoisotopic (exact) mass is 629 g/mol. The van der Waals surface area contributed by atoms with Gasteiger partial charge in [-0.15, -0.1) is 0 Å². The van der Waals surface area contributed by atoms with E-state index < -0.39 is 0 Å². The van der Waals surface area contributed by atoms with E-state index in [9.17, 15) is 0 Å². The predicted octanol–water partition coefficient (Wildman–Crippen LogP) is 11.2. The molecule has 3 unspecified atom stereocenters. The van der Waals surface area contributed by atoms with E-state index in [4.69, 9.17) is 0 Å².